The molecular formula is C23H19ClNO2P. The summed E-state index contributed by atoms with van der Waals surface area (Å²) in [5.41, 5.74) is 2.78. The Bertz CT molecular complexity index is 1000. The number of halogens is 1. The van der Waals surface area contributed by atoms with Crippen molar-refractivity contribution in [3.05, 3.63) is 118 Å². The highest BCUT2D eigenvalue weighted by Gasteiger charge is 2.26. The SMILES string of the molecule is O=P1(NCc2ccc(Cl)cc2)C=C(c2ccccc2)OC(c2ccccc2)=C1. The van der Waals surface area contributed by atoms with Gasteiger partial charge >= 0.3 is 0 Å². The Balaban J connectivity index is 1.67. The van der Waals surface area contributed by atoms with Gasteiger partial charge in [-0.1, -0.05) is 84.4 Å². The van der Waals surface area contributed by atoms with Crippen LogP contribution in [-0.2, 0) is 15.8 Å². The zero-order chi connectivity index (χ0) is 19.4. The first kappa shape index (κ1) is 18.8. The molecule has 1 aliphatic rings. The molecule has 140 valence electrons. The van der Waals surface area contributed by atoms with E-state index < -0.39 is 7.29 Å². The fourth-order valence-electron chi connectivity index (χ4n) is 2.94. The maximum Gasteiger partial charge on any atom is 0.198 e. The molecule has 3 aromatic rings. The van der Waals surface area contributed by atoms with Gasteiger partial charge in [0.25, 0.3) is 0 Å². The highest BCUT2D eigenvalue weighted by Crippen LogP contribution is 2.53. The second-order valence-corrected chi connectivity index (χ2v) is 9.18. The Hall–Kier alpha value is -2.58. The Kier molecular flexibility index (Phi) is 5.50. The van der Waals surface area contributed by atoms with Crippen molar-refractivity contribution < 1.29 is 9.30 Å². The molecule has 28 heavy (non-hydrogen) atoms. The Morgan fingerprint density at radius 2 is 1.25 bits per heavy atom. The number of rotatable bonds is 5. The minimum absolute atomic E-state index is 0.464. The summed E-state index contributed by atoms with van der Waals surface area (Å²) in [6.07, 6.45) is 0. The molecule has 5 heteroatoms. The van der Waals surface area contributed by atoms with Crippen LogP contribution in [-0.4, -0.2) is 0 Å². The van der Waals surface area contributed by atoms with Gasteiger partial charge in [-0.15, -0.1) is 0 Å². The van der Waals surface area contributed by atoms with Gasteiger partial charge in [-0.2, -0.15) is 0 Å². The molecule has 4 rings (SSSR count). The summed E-state index contributed by atoms with van der Waals surface area (Å²) in [5, 5.41) is 3.89. The van der Waals surface area contributed by atoms with Crippen LogP contribution in [0.1, 0.15) is 16.7 Å². The average Bonchev–Trinajstić information content (AvgIpc) is 2.74. The summed E-state index contributed by atoms with van der Waals surface area (Å²) in [6.45, 7) is 0.464. The number of hydrogen-bond acceptors (Lipinski definition) is 2. The van der Waals surface area contributed by atoms with E-state index in [0.29, 0.717) is 23.1 Å². The number of ether oxygens (including phenoxy) is 1. The van der Waals surface area contributed by atoms with Gasteiger partial charge in [0.1, 0.15) is 11.5 Å². The standard InChI is InChI=1S/C23H19ClNO2P/c24-21-13-11-18(12-14-21)15-25-28(26)16-22(19-7-3-1-4-8-19)27-23(17-28)20-9-5-2-6-10-20/h1-14,16-17H,15H2,(H,25,26). The summed E-state index contributed by atoms with van der Waals surface area (Å²) < 4.78 is 19.8. The van der Waals surface area contributed by atoms with E-state index in [1.807, 2.05) is 84.9 Å². The molecule has 1 aliphatic heterocycles. The minimum atomic E-state index is -2.97. The molecule has 0 aromatic heterocycles. The van der Waals surface area contributed by atoms with Crippen LogP contribution in [0.25, 0.3) is 11.5 Å². The van der Waals surface area contributed by atoms with Gasteiger partial charge < -0.3 is 4.74 Å². The fourth-order valence-corrected chi connectivity index (χ4v) is 4.85. The van der Waals surface area contributed by atoms with Crippen LogP contribution in [0.3, 0.4) is 0 Å². The number of nitrogens with one attached hydrogen (secondary N) is 1. The summed E-state index contributed by atoms with van der Waals surface area (Å²) >= 11 is 5.95. The van der Waals surface area contributed by atoms with E-state index >= 15 is 0 Å². The van der Waals surface area contributed by atoms with Crippen molar-refractivity contribution in [1.29, 1.82) is 0 Å². The Labute approximate surface area is 169 Å². The van der Waals surface area contributed by atoms with Crippen LogP contribution in [0.4, 0.5) is 0 Å². The maximum atomic E-state index is 13.7. The summed E-state index contributed by atoms with van der Waals surface area (Å²) in [4.78, 5) is 0. The molecule has 0 saturated heterocycles. The van der Waals surface area contributed by atoms with Crippen LogP contribution in [0, 0.1) is 0 Å². The van der Waals surface area contributed by atoms with Crippen molar-refractivity contribution in [2.24, 2.45) is 0 Å². The van der Waals surface area contributed by atoms with E-state index in [0.717, 1.165) is 16.7 Å². The third-order valence-corrected chi connectivity index (χ3v) is 6.54. The second kappa shape index (κ2) is 8.20. The van der Waals surface area contributed by atoms with Crippen molar-refractivity contribution in [3.63, 3.8) is 0 Å². The molecule has 0 aliphatic carbocycles. The Morgan fingerprint density at radius 1 is 0.750 bits per heavy atom. The first-order chi connectivity index (χ1) is 13.6. The van der Waals surface area contributed by atoms with Crippen molar-refractivity contribution in [1.82, 2.24) is 5.09 Å². The van der Waals surface area contributed by atoms with Crippen LogP contribution < -0.4 is 5.09 Å². The molecule has 1 N–H and O–H groups in total. The fraction of sp³-hybridized carbons (Fsp3) is 0.0435. The molecule has 1 heterocycles. The smallest absolute Gasteiger partial charge is 0.198 e. The quantitative estimate of drug-likeness (QED) is 0.476. The van der Waals surface area contributed by atoms with Gasteiger partial charge in [-0.05, 0) is 17.7 Å². The van der Waals surface area contributed by atoms with E-state index in [9.17, 15) is 4.57 Å². The molecule has 0 fully saturated rings. The van der Waals surface area contributed by atoms with Crippen LogP contribution in [0.2, 0.25) is 5.02 Å². The van der Waals surface area contributed by atoms with Crippen molar-refractivity contribution in [3.8, 4) is 0 Å². The molecule has 3 nitrogen and oxygen atoms in total. The van der Waals surface area contributed by atoms with Crippen LogP contribution in [0.5, 0.6) is 0 Å². The van der Waals surface area contributed by atoms with Gasteiger partial charge in [0.05, 0.1) is 0 Å². The number of benzene rings is 3. The summed E-state index contributed by atoms with van der Waals surface area (Å²) in [7, 11) is -2.97. The molecule has 0 unspecified atom stereocenters. The van der Waals surface area contributed by atoms with E-state index in [2.05, 4.69) is 5.09 Å². The molecule has 0 amide bonds. The molecule has 0 saturated carbocycles. The lowest BCUT2D eigenvalue weighted by molar-refractivity contribution is 0.468. The highest BCUT2D eigenvalue weighted by molar-refractivity contribution is 7.68. The lowest BCUT2D eigenvalue weighted by atomic mass is 10.2. The van der Waals surface area contributed by atoms with Crippen molar-refractivity contribution in [2.45, 2.75) is 6.54 Å². The van der Waals surface area contributed by atoms with Gasteiger partial charge in [-0.3, -0.25) is 9.65 Å². The van der Waals surface area contributed by atoms with Crippen LogP contribution in [0.15, 0.2) is 96.6 Å². The lowest BCUT2D eigenvalue weighted by Crippen LogP contribution is -2.11. The largest absolute Gasteiger partial charge is 0.456 e. The molecule has 3 aromatic carbocycles. The normalized spacial score (nSPS) is 15.3. The van der Waals surface area contributed by atoms with Crippen molar-refractivity contribution in [2.75, 3.05) is 0 Å². The second-order valence-electron chi connectivity index (χ2n) is 6.49. The van der Waals surface area contributed by atoms with Gasteiger partial charge in [0.15, 0.2) is 7.29 Å². The maximum absolute atomic E-state index is 13.7. The average molecular weight is 408 g/mol. The highest BCUT2D eigenvalue weighted by atomic mass is 35.5. The molecular weight excluding hydrogens is 389 g/mol. The van der Waals surface area contributed by atoms with Gasteiger partial charge in [0.2, 0.25) is 0 Å². The predicted octanol–water partition coefficient (Wildman–Crippen LogP) is 6.74. The first-order valence-electron chi connectivity index (χ1n) is 8.95. The lowest BCUT2D eigenvalue weighted by Gasteiger charge is -2.23. The van der Waals surface area contributed by atoms with Gasteiger partial charge in [0, 0.05) is 34.3 Å². The van der Waals surface area contributed by atoms with Crippen molar-refractivity contribution >= 4 is 30.4 Å². The zero-order valence-electron chi connectivity index (χ0n) is 15.1. The van der Waals surface area contributed by atoms with E-state index in [-0.39, 0.29) is 0 Å². The monoisotopic (exact) mass is 407 g/mol. The number of hydrogen-bond donors (Lipinski definition) is 1. The topological polar surface area (TPSA) is 38.3 Å². The third-order valence-electron chi connectivity index (χ3n) is 4.40. The third kappa shape index (κ3) is 4.45. The minimum Gasteiger partial charge on any atom is -0.456 e. The van der Waals surface area contributed by atoms with E-state index in [4.69, 9.17) is 16.3 Å². The summed E-state index contributed by atoms with van der Waals surface area (Å²) in [5.74, 6) is 4.58. The summed E-state index contributed by atoms with van der Waals surface area (Å²) in [6, 6.07) is 26.9. The van der Waals surface area contributed by atoms with E-state index in [1.54, 1.807) is 11.6 Å². The predicted molar refractivity (Wildman–Crippen MR) is 116 cm³/mol. The van der Waals surface area contributed by atoms with E-state index in [1.165, 1.54) is 0 Å². The molecule has 0 bridgehead atoms. The molecule has 0 atom stereocenters. The molecule has 0 spiro atoms. The Morgan fingerprint density at radius 3 is 1.75 bits per heavy atom. The van der Waals surface area contributed by atoms with Crippen LogP contribution >= 0.6 is 18.9 Å². The zero-order valence-corrected chi connectivity index (χ0v) is 16.7. The van der Waals surface area contributed by atoms with Gasteiger partial charge in [-0.25, -0.2) is 0 Å². The molecule has 0 radical (unpaired) electrons. The first-order valence-corrected chi connectivity index (χ1v) is 11.2.